The van der Waals surface area contributed by atoms with Crippen molar-refractivity contribution in [3.05, 3.63) is 59.4 Å². The van der Waals surface area contributed by atoms with E-state index in [1.807, 2.05) is 18.2 Å². The van der Waals surface area contributed by atoms with E-state index in [9.17, 15) is 4.79 Å². The van der Waals surface area contributed by atoms with Crippen LogP contribution in [0.15, 0.2) is 53.1 Å². The molecule has 1 atom stereocenters. The van der Waals surface area contributed by atoms with Crippen molar-refractivity contribution in [2.75, 3.05) is 19.6 Å². The second-order valence-corrected chi connectivity index (χ2v) is 8.21. The Balaban J connectivity index is 1.46. The third kappa shape index (κ3) is 4.77. The van der Waals surface area contributed by atoms with Gasteiger partial charge in [0, 0.05) is 30.2 Å². The summed E-state index contributed by atoms with van der Waals surface area (Å²) >= 11 is 6.02. The van der Waals surface area contributed by atoms with Gasteiger partial charge in [0.15, 0.2) is 5.76 Å². The van der Waals surface area contributed by atoms with Gasteiger partial charge in [-0.15, -0.1) is 0 Å². The highest BCUT2D eigenvalue weighted by Crippen LogP contribution is 2.23. The Labute approximate surface area is 181 Å². The van der Waals surface area contributed by atoms with Crippen molar-refractivity contribution in [1.29, 1.82) is 0 Å². The molecule has 1 aromatic carbocycles. The summed E-state index contributed by atoms with van der Waals surface area (Å²) in [4.78, 5) is 15.5. The van der Waals surface area contributed by atoms with Crippen LogP contribution in [0.3, 0.4) is 0 Å². The van der Waals surface area contributed by atoms with E-state index in [-0.39, 0.29) is 5.91 Å². The maximum atomic E-state index is 13.0. The highest BCUT2D eigenvalue weighted by atomic mass is 35.5. The lowest BCUT2D eigenvalue weighted by molar-refractivity contribution is 0.0941. The standard InChI is InChI=1S/C23H27ClN4O2/c1-17-6-2-3-13-27(17)14-5-12-25-23(29)21-16-20(22-7-4-15-30-22)26-28(21)19-10-8-18(24)9-11-19/h4,7-11,15-17H,2-3,5-6,12-14H2,1H3,(H,25,29). The molecule has 1 unspecified atom stereocenters. The first-order chi connectivity index (χ1) is 14.6. The summed E-state index contributed by atoms with van der Waals surface area (Å²) in [5.74, 6) is 0.470. The van der Waals surface area contributed by atoms with Gasteiger partial charge in [0.05, 0.1) is 12.0 Å². The first-order valence-electron chi connectivity index (χ1n) is 10.5. The molecule has 3 heterocycles. The summed E-state index contributed by atoms with van der Waals surface area (Å²) in [5, 5.41) is 8.28. The van der Waals surface area contributed by atoms with Gasteiger partial charge < -0.3 is 14.6 Å². The third-order valence-electron chi connectivity index (χ3n) is 5.64. The minimum atomic E-state index is -0.151. The first kappa shape index (κ1) is 20.7. The van der Waals surface area contributed by atoms with E-state index in [4.69, 9.17) is 16.0 Å². The number of carbonyl (C=O) groups is 1. The van der Waals surface area contributed by atoms with Crippen molar-refractivity contribution in [3.8, 4) is 17.1 Å². The highest BCUT2D eigenvalue weighted by Gasteiger charge is 2.20. The molecule has 0 saturated carbocycles. The maximum Gasteiger partial charge on any atom is 0.270 e. The number of halogens is 1. The maximum absolute atomic E-state index is 13.0. The van der Waals surface area contributed by atoms with Crippen molar-refractivity contribution < 1.29 is 9.21 Å². The Hall–Kier alpha value is -2.57. The molecule has 0 aliphatic carbocycles. The van der Waals surface area contributed by atoms with Crippen LogP contribution in [0.5, 0.6) is 0 Å². The van der Waals surface area contributed by atoms with Gasteiger partial charge in [0.2, 0.25) is 0 Å². The molecule has 4 rings (SSSR count). The lowest BCUT2D eigenvalue weighted by Gasteiger charge is -2.33. The van der Waals surface area contributed by atoms with Crippen LogP contribution in [-0.2, 0) is 0 Å². The van der Waals surface area contributed by atoms with Crippen molar-refractivity contribution in [3.63, 3.8) is 0 Å². The Morgan fingerprint density at radius 2 is 2.10 bits per heavy atom. The number of aromatic nitrogens is 2. The number of carbonyl (C=O) groups excluding carboxylic acids is 1. The number of nitrogens with zero attached hydrogens (tertiary/aromatic N) is 3. The third-order valence-corrected chi connectivity index (χ3v) is 5.89. The Bertz CT molecular complexity index is 966. The molecule has 158 valence electrons. The zero-order valence-electron chi connectivity index (χ0n) is 17.2. The molecule has 6 nitrogen and oxygen atoms in total. The van der Waals surface area contributed by atoms with E-state index >= 15 is 0 Å². The topological polar surface area (TPSA) is 63.3 Å². The second-order valence-electron chi connectivity index (χ2n) is 7.77. The second kappa shape index (κ2) is 9.49. The number of hydrogen-bond acceptors (Lipinski definition) is 4. The van der Waals surface area contributed by atoms with E-state index in [1.165, 1.54) is 19.3 Å². The number of furan rings is 1. The first-order valence-corrected chi connectivity index (χ1v) is 10.9. The van der Waals surface area contributed by atoms with Crippen molar-refractivity contribution in [1.82, 2.24) is 20.0 Å². The predicted octanol–water partition coefficient (Wildman–Crippen LogP) is 4.78. The summed E-state index contributed by atoms with van der Waals surface area (Å²) in [7, 11) is 0. The molecular formula is C23H27ClN4O2. The summed E-state index contributed by atoms with van der Waals surface area (Å²) in [6, 6.07) is 13.3. The molecule has 3 aromatic rings. The quantitative estimate of drug-likeness (QED) is 0.552. The van der Waals surface area contributed by atoms with Crippen LogP contribution in [0.25, 0.3) is 17.1 Å². The highest BCUT2D eigenvalue weighted by molar-refractivity contribution is 6.30. The van der Waals surface area contributed by atoms with Crippen LogP contribution in [0.4, 0.5) is 0 Å². The number of hydrogen-bond donors (Lipinski definition) is 1. The Kier molecular flexibility index (Phi) is 6.55. The van der Waals surface area contributed by atoms with Crippen LogP contribution in [0.2, 0.25) is 5.02 Å². The van der Waals surface area contributed by atoms with Crippen LogP contribution in [0, 0.1) is 0 Å². The minimum absolute atomic E-state index is 0.151. The zero-order chi connectivity index (χ0) is 20.9. The summed E-state index contributed by atoms with van der Waals surface area (Å²) in [5.41, 5.74) is 1.85. The molecule has 7 heteroatoms. The largest absolute Gasteiger partial charge is 0.463 e. The zero-order valence-corrected chi connectivity index (χ0v) is 17.9. The smallest absolute Gasteiger partial charge is 0.270 e. The van der Waals surface area contributed by atoms with Crippen molar-refractivity contribution >= 4 is 17.5 Å². The molecule has 2 aromatic heterocycles. The molecular weight excluding hydrogens is 400 g/mol. The van der Waals surface area contributed by atoms with Crippen LogP contribution >= 0.6 is 11.6 Å². The van der Waals surface area contributed by atoms with E-state index in [1.54, 1.807) is 35.2 Å². The van der Waals surface area contributed by atoms with Gasteiger partial charge >= 0.3 is 0 Å². The van der Waals surface area contributed by atoms with Crippen molar-refractivity contribution in [2.45, 2.75) is 38.6 Å². The van der Waals surface area contributed by atoms with Gasteiger partial charge in [-0.3, -0.25) is 4.79 Å². The average Bonchev–Trinajstić information content (AvgIpc) is 3.43. The molecule has 1 saturated heterocycles. The van der Waals surface area contributed by atoms with Crippen LogP contribution < -0.4 is 5.32 Å². The van der Waals surface area contributed by atoms with E-state index in [2.05, 4.69) is 22.2 Å². The van der Waals surface area contributed by atoms with Gasteiger partial charge in [-0.2, -0.15) is 5.10 Å². The monoisotopic (exact) mass is 426 g/mol. The lowest BCUT2D eigenvalue weighted by Crippen LogP contribution is -2.39. The van der Waals surface area contributed by atoms with E-state index in [0.717, 1.165) is 25.2 Å². The number of rotatable bonds is 7. The minimum Gasteiger partial charge on any atom is -0.463 e. The lowest BCUT2D eigenvalue weighted by atomic mass is 10.0. The fourth-order valence-corrected chi connectivity index (χ4v) is 4.06. The predicted molar refractivity (Wildman–Crippen MR) is 118 cm³/mol. The van der Waals surface area contributed by atoms with Gasteiger partial charge in [0.1, 0.15) is 11.4 Å². The van der Waals surface area contributed by atoms with Crippen LogP contribution in [0.1, 0.15) is 43.1 Å². The number of benzene rings is 1. The fourth-order valence-electron chi connectivity index (χ4n) is 3.93. The fraction of sp³-hybridized carbons (Fsp3) is 0.391. The molecule has 1 aliphatic heterocycles. The summed E-state index contributed by atoms with van der Waals surface area (Å²) in [6.07, 6.45) is 6.38. The molecule has 1 fully saturated rings. The molecule has 1 amide bonds. The number of nitrogens with one attached hydrogen (secondary N) is 1. The molecule has 0 spiro atoms. The van der Waals surface area contributed by atoms with Gasteiger partial charge in [-0.1, -0.05) is 18.0 Å². The average molecular weight is 427 g/mol. The normalized spacial score (nSPS) is 17.2. The molecule has 0 bridgehead atoms. The van der Waals surface area contributed by atoms with Gasteiger partial charge in [0.25, 0.3) is 5.91 Å². The summed E-state index contributed by atoms with van der Waals surface area (Å²) in [6.45, 7) is 5.09. The van der Waals surface area contributed by atoms with E-state index in [0.29, 0.717) is 34.8 Å². The Morgan fingerprint density at radius 3 is 2.83 bits per heavy atom. The van der Waals surface area contributed by atoms with Gasteiger partial charge in [-0.25, -0.2) is 4.68 Å². The van der Waals surface area contributed by atoms with Crippen molar-refractivity contribution in [2.24, 2.45) is 0 Å². The molecule has 0 radical (unpaired) electrons. The van der Waals surface area contributed by atoms with Crippen LogP contribution in [-0.4, -0.2) is 46.3 Å². The molecule has 1 aliphatic rings. The SMILES string of the molecule is CC1CCCCN1CCCNC(=O)c1cc(-c2ccco2)nn1-c1ccc(Cl)cc1. The van der Waals surface area contributed by atoms with Gasteiger partial charge in [-0.05, 0) is 69.1 Å². The number of amides is 1. The van der Waals surface area contributed by atoms with E-state index < -0.39 is 0 Å². The summed E-state index contributed by atoms with van der Waals surface area (Å²) < 4.78 is 7.10. The Morgan fingerprint density at radius 1 is 1.27 bits per heavy atom. The molecule has 1 N–H and O–H groups in total. The number of piperidine rings is 1. The number of likely N-dealkylation sites (tertiary alicyclic amines) is 1. The molecule has 30 heavy (non-hydrogen) atoms.